The van der Waals surface area contributed by atoms with Crippen LogP contribution in [0.25, 0.3) is 0 Å². The number of benzene rings is 1. The molecule has 0 radical (unpaired) electrons. The molecular weight excluding hydrogens is 290 g/mol. The molecule has 5 heteroatoms. The predicted octanol–water partition coefficient (Wildman–Crippen LogP) is 2.46. The number of nitriles is 1. The summed E-state index contributed by atoms with van der Waals surface area (Å²) in [5, 5.41) is 9.62. The number of rotatable bonds is 3. The number of nitrogens with zero attached hydrogens (tertiary/aromatic N) is 1. The van der Waals surface area contributed by atoms with Gasteiger partial charge < -0.3 is 4.74 Å². The van der Waals surface area contributed by atoms with E-state index in [0.717, 1.165) is 5.56 Å². The molecule has 3 nitrogen and oxygen atoms in total. The standard InChI is InChI=1S/C11H10BrNO2S/c1-15-11(14)4-8-7(5-12)2-3-10(16)9(8)6-13/h2-3,16H,4-5H2,1H3. The lowest BCUT2D eigenvalue weighted by Crippen LogP contribution is -2.08. The lowest BCUT2D eigenvalue weighted by Gasteiger charge is -2.10. The maximum Gasteiger partial charge on any atom is 0.310 e. The van der Waals surface area contributed by atoms with Gasteiger partial charge in [-0.15, -0.1) is 12.6 Å². The molecule has 1 aromatic carbocycles. The van der Waals surface area contributed by atoms with E-state index < -0.39 is 0 Å². The summed E-state index contributed by atoms with van der Waals surface area (Å²) in [4.78, 5) is 11.8. The molecular formula is C11H10BrNO2S. The number of alkyl halides is 1. The Kier molecular flexibility index (Phi) is 4.84. The van der Waals surface area contributed by atoms with Crippen LogP contribution in [0.3, 0.4) is 0 Å². The topological polar surface area (TPSA) is 50.1 Å². The Morgan fingerprint density at radius 1 is 1.62 bits per heavy atom. The Hall–Kier alpha value is -0.990. The second-order valence-corrected chi connectivity index (χ2v) is 4.14. The van der Waals surface area contributed by atoms with Gasteiger partial charge in [0.25, 0.3) is 0 Å². The van der Waals surface area contributed by atoms with Gasteiger partial charge in [-0.2, -0.15) is 5.26 Å². The van der Waals surface area contributed by atoms with Crippen molar-refractivity contribution in [3.05, 3.63) is 28.8 Å². The van der Waals surface area contributed by atoms with E-state index in [4.69, 9.17) is 5.26 Å². The molecule has 0 aliphatic rings. The molecule has 0 fully saturated rings. The van der Waals surface area contributed by atoms with Crippen molar-refractivity contribution < 1.29 is 9.53 Å². The molecule has 1 rings (SSSR count). The van der Waals surface area contributed by atoms with Gasteiger partial charge >= 0.3 is 5.97 Å². The summed E-state index contributed by atoms with van der Waals surface area (Å²) in [6.45, 7) is 0. The molecule has 84 valence electrons. The van der Waals surface area contributed by atoms with E-state index in [1.807, 2.05) is 6.07 Å². The Bertz CT molecular complexity index is 454. The van der Waals surface area contributed by atoms with Crippen molar-refractivity contribution >= 4 is 34.5 Å². The smallest absolute Gasteiger partial charge is 0.310 e. The second kappa shape index (κ2) is 5.92. The molecule has 0 aliphatic heterocycles. The van der Waals surface area contributed by atoms with E-state index in [0.29, 0.717) is 21.4 Å². The normalized spacial score (nSPS) is 9.62. The van der Waals surface area contributed by atoms with Gasteiger partial charge in [-0.25, -0.2) is 0 Å². The fourth-order valence-corrected chi connectivity index (χ4v) is 2.13. The lowest BCUT2D eigenvalue weighted by molar-refractivity contribution is -0.139. The number of carbonyl (C=O) groups is 1. The SMILES string of the molecule is COC(=O)Cc1c(CBr)ccc(S)c1C#N. The first-order valence-electron chi connectivity index (χ1n) is 4.50. The zero-order chi connectivity index (χ0) is 12.1. The van der Waals surface area contributed by atoms with Crippen LogP contribution in [0.2, 0.25) is 0 Å². The first-order chi connectivity index (χ1) is 7.63. The molecule has 0 spiro atoms. The fourth-order valence-electron chi connectivity index (χ4n) is 1.35. The van der Waals surface area contributed by atoms with Crippen LogP contribution >= 0.6 is 28.6 Å². The highest BCUT2D eigenvalue weighted by Crippen LogP contribution is 2.24. The van der Waals surface area contributed by atoms with Gasteiger partial charge in [-0.1, -0.05) is 22.0 Å². The Labute approximate surface area is 108 Å². The number of carbonyl (C=O) groups excluding carboxylic acids is 1. The molecule has 0 N–H and O–H groups in total. The van der Waals surface area contributed by atoms with Gasteiger partial charge in [0.2, 0.25) is 0 Å². The molecule has 0 saturated carbocycles. The summed E-state index contributed by atoms with van der Waals surface area (Å²) in [7, 11) is 1.33. The van der Waals surface area contributed by atoms with Gasteiger partial charge in [0.1, 0.15) is 6.07 Å². The average Bonchev–Trinajstić information content (AvgIpc) is 2.29. The zero-order valence-electron chi connectivity index (χ0n) is 8.66. The minimum Gasteiger partial charge on any atom is -0.469 e. The minimum absolute atomic E-state index is 0.0920. The highest BCUT2D eigenvalue weighted by Gasteiger charge is 2.14. The van der Waals surface area contributed by atoms with E-state index in [9.17, 15) is 4.79 Å². The summed E-state index contributed by atoms with van der Waals surface area (Å²) < 4.78 is 4.60. The second-order valence-electron chi connectivity index (χ2n) is 3.10. The molecule has 0 unspecified atom stereocenters. The third kappa shape index (κ3) is 2.77. The molecule has 1 aromatic rings. The van der Waals surface area contributed by atoms with E-state index in [1.54, 1.807) is 6.07 Å². The first kappa shape index (κ1) is 13.1. The third-order valence-corrected chi connectivity index (χ3v) is 3.17. The van der Waals surface area contributed by atoms with Crippen LogP contribution in [0, 0.1) is 11.3 Å². The summed E-state index contributed by atoms with van der Waals surface area (Å²) in [6, 6.07) is 5.66. The van der Waals surface area contributed by atoms with Crippen LogP contribution in [-0.4, -0.2) is 13.1 Å². The Morgan fingerprint density at radius 2 is 2.31 bits per heavy atom. The number of esters is 1. The maximum absolute atomic E-state index is 11.3. The molecule has 0 atom stereocenters. The summed E-state index contributed by atoms with van der Waals surface area (Å²) in [6.07, 6.45) is 0.0920. The molecule has 0 aliphatic carbocycles. The zero-order valence-corrected chi connectivity index (χ0v) is 11.1. The highest BCUT2D eigenvalue weighted by molar-refractivity contribution is 9.08. The van der Waals surface area contributed by atoms with E-state index in [-0.39, 0.29) is 12.4 Å². The van der Waals surface area contributed by atoms with Gasteiger partial charge in [0.15, 0.2) is 0 Å². The summed E-state index contributed by atoms with van der Waals surface area (Å²) in [5.41, 5.74) is 2.02. The Morgan fingerprint density at radius 3 is 2.81 bits per heavy atom. The number of methoxy groups -OCH3 is 1. The van der Waals surface area contributed by atoms with Crippen molar-refractivity contribution in [2.24, 2.45) is 0 Å². The van der Waals surface area contributed by atoms with Crippen molar-refractivity contribution in [3.63, 3.8) is 0 Å². The molecule has 0 heterocycles. The van der Waals surface area contributed by atoms with Crippen LogP contribution in [0.4, 0.5) is 0 Å². The van der Waals surface area contributed by atoms with E-state index in [2.05, 4.69) is 39.4 Å². The molecule has 16 heavy (non-hydrogen) atoms. The van der Waals surface area contributed by atoms with Crippen LogP contribution in [0.1, 0.15) is 16.7 Å². The molecule has 0 saturated heterocycles. The molecule has 0 aromatic heterocycles. The number of thiol groups is 1. The maximum atomic E-state index is 11.3. The summed E-state index contributed by atoms with van der Waals surface area (Å²) >= 11 is 7.52. The van der Waals surface area contributed by atoms with E-state index >= 15 is 0 Å². The minimum atomic E-state index is -0.363. The lowest BCUT2D eigenvalue weighted by atomic mass is 10.00. The first-order valence-corrected chi connectivity index (χ1v) is 6.07. The Balaban J connectivity index is 3.26. The van der Waals surface area contributed by atoms with Crippen molar-refractivity contribution in [2.75, 3.05) is 7.11 Å². The van der Waals surface area contributed by atoms with Crippen LogP contribution in [0.15, 0.2) is 17.0 Å². The van der Waals surface area contributed by atoms with Crippen molar-refractivity contribution in [3.8, 4) is 6.07 Å². The monoisotopic (exact) mass is 299 g/mol. The fraction of sp³-hybridized carbons (Fsp3) is 0.273. The van der Waals surface area contributed by atoms with Crippen molar-refractivity contribution in [1.82, 2.24) is 0 Å². The quantitative estimate of drug-likeness (QED) is 0.530. The number of hydrogen-bond donors (Lipinski definition) is 1. The third-order valence-electron chi connectivity index (χ3n) is 2.19. The number of hydrogen-bond acceptors (Lipinski definition) is 4. The van der Waals surface area contributed by atoms with Gasteiger partial charge in [0.05, 0.1) is 19.1 Å². The molecule has 0 bridgehead atoms. The average molecular weight is 300 g/mol. The van der Waals surface area contributed by atoms with Crippen molar-refractivity contribution in [2.45, 2.75) is 16.6 Å². The predicted molar refractivity (Wildman–Crippen MR) is 66.8 cm³/mol. The number of halogens is 1. The van der Waals surface area contributed by atoms with Gasteiger partial charge in [0, 0.05) is 10.2 Å². The van der Waals surface area contributed by atoms with Gasteiger partial charge in [-0.05, 0) is 17.2 Å². The largest absolute Gasteiger partial charge is 0.469 e. The van der Waals surface area contributed by atoms with Crippen molar-refractivity contribution in [1.29, 1.82) is 5.26 Å². The summed E-state index contributed by atoms with van der Waals surface area (Å²) in [5.74, 6) is -0.363. The van der Waals surface area contributed by atoms with E-state index in [1.165, 1.54) is 7.11 Å². The molecule has 0 amide bonds. The van der Waals surface area contributed by atoms with Crippen LogP contribution in [-0.2, 0) is 21.3 Å². The van der Waals surface area contributed by atoms with Crippen LogP contribution in [0.5, 0.6) is 0 Å². The highest BCUT2D eigenvalue weighted by atomic mass is 79.9. The van der Waals surface area contributed by atoms with Gasteiger partial charge in [-0.3, -0.25) is 4.79 Å². The van der Waals surface area contributed by atoms with Crippen LogP contribution < -0.4 is 0 Å². The number of ether oxygens (including phenoxy) is 1.